The summed E-state index contributed by atoms with van der Waals surface area (Å²) in [6.07, 6.45) is 4.77. The average molecular weight is 250 g/mol. The van der Waals surface area contributed by atoms with Crippen molar-refractivity contribution in [2.45, 2.75) is 51.5 Å². The van der Waals surface area contributed by atoms with E-state index in [9.17, 15) is 14.4 Å². The maximum absolute atomic E-state index is 12.2. The molecular weight excluding hydrogens is 232 g/mol. The molecule has 0 aromatic rings. The van der Waals surface area contributed by atoms with E-state index in [1.54, 1.807) is 0 Å². The molecule has 5 nitrogen and oxygen atoms in total. The summed E-state index contributed by atoms with van der Waals surface area (Å²) in [5, 5.41) is 5.07. The van der Waals surface area contributed by atoms with Gasteiger partial charge in [-0.2, -0.15) is 0 Å². The van der Waals surface area contributed by atoms with E-state index in [1.165, 1.54) is 0 Å². The van der Waals surface area contributed by atoms with Crippen LogP contribution in [0.5, 0.6) is 0 Å². The van der Waals surface area contributed by atoms with Crippen LogP contribution in [0.15, 0.2) is 0 Å². The van der Waals surface area contributed by atoms with Gasteiger partial charge in [0.15, 0.2) is 0 Å². The van der Waals surface area contributed by atoms with Crippen LogP contribution in [0.4, 0.5) is 0 Å². The van der Waals surface area contributed by atoms with Crippen LogP contribution in [-0.4, -0.2) is 23.8 Å². The minimum absolute atomic E-state index is 0.00678. The molecule has 4 fully saturated rings. The Balaban J connectivity index is 1.57. The molecule has 5 heteroatoms. The molecule has 3 amide bonds. The molecule has 0 aromatic carbocycles. The lowest BCUT2D eigenvalue weighted by atomic mass is 9.34. The van der Waals surface area contributed by atoms with Crippen molar-refractivity contribution in [3.8, 4) is 0 Å². The normalized spacial score (nSPS) is 41.5. The molecule has 1 heterocycles. The Morgan fingerprint density at radius 2 is 2.06 bits per heavy atom. The molecule has 3 saturated carbocycles. The van der Waals surface area contributed by atoms with E-state index < -0.39 is 6.04 Å². The zero-order valence-electron chi connectivity index (χ0n) is 10.5. The number of piperidine rings is 1. The standard InChI is InChI=1S/C13H18N2O3/c1-2-12-5-13(6-12,7-12)11(18)14-8-3-4-9(16)15-10(8)17/h8H,2-7H2,1H3,(H,14,18)(H,15,16,17). The molecule has 18 heavy (non-hydrogen) atoms. The second-order valence-electron chi connectivity index (χ2n) is 6.14. The molecule has 1 atom stereocenters. The van der Waals surface area contributed by atoms with Crippen LogP contribution in [0.3, 0.4) is 0 Å². The molecule has 2 N–H and O–H groups in total. The SMILES string of the molecule is CCC12CC(C(=O)NC3CCC(=O)NC3=O)(C1)C2. The van der Waals surface area contributed by atoms with Crippen molar-refractivity contribution in [1.29, 1.82) is 0 Å². The highest BCUT2D eigenvalue weighted by Crippen LogP contribution is 2.74. The van der Waals surface area contributed by atoms with Crippen molar-refractivity contribution >= 4 is 17.7 Å². The van der Waals surface area contributed by atoms with Crippen molar-refractivity contribution in [1.82, 2.24) is 10.6 Å². The van der Waals surface area contributed by atoms with Crippen LogP contribution in [0.25, 0.3) is 0 Å². The van der Waals surface area contributed by atoms with E-state index in [1.807, 2.05) is 0 Å². The highest BCUT2D eigenvalue weighted by Gasteiger charge is 2.70. The van der Waals surface area contributed by atoms with Gasteiger partial charge in [-0.25, -0.2) is 0 Å². The maximum Gasteiger partial charge on any atom is 0.249 e. The molecule has 1 unspecified atom stereocenters. The highest BCUT2D eigenvalue weighted by molar-refractivity contribution is 6.02. The van der Waals surface area contributed by atoms with E-state index in [4.69, 9.17) is 0 Å². The summed E-state index contributed by atoms with van der Waals surface area (Å²) >= 11 is 0. The van der Waals surface area contributed by atoms with Gasteiger partial charge in [0.2, 0.25) is 17.7 Å². The quantitative estimate of drug-likeness (QED) is 0.716. The minimum atomic E-state index is -0.526. The van der Waals surface area contributed by atoms with Crippen molar-refractivity contribution in [3.05, 3.63) is 0 Å². The number of imide groups is 1. The molecule has 0 radical (unpaired) electrons. The van der Waals surface area contributed by atoms with Gasteiger partial charge in [0, 0.05) is 6.42 Å². The van der Waals surface area contributed by atoms with Crippen LogP contribution >= 0.6 is 0 Å². The molecule has 98 valence electrons. The van der Waals surface area contributed by atoms with Crippen molar-refractivity contribution in [2.75, 3.05) is 0 Å². The Morgan fingerprint density at radius 1 is 1.39 bits per heavy atom. The van der Waals surface area contributed by atoms with Gasteiger partial charge in [0.1, 0.15) is 6.04 Å². The second kappa shape index (κ2) is 3.56. The number of hydrogen-bond acceptors (Lipinski definition) is 3. The summed E-state index contributed by atoms with van der Waals surface area (Å²) in [5.41, 5.74) is 0.222. The van der Waals surface area contributed by atoms with Crippen LogP contribution in [0, 0.1) is 10.8 Å². The molecule has 4 aliphatic rings. The zero-order valence-corrected chi connectivity index (χ0v) is 10.5. The third-order valence-corrected chi connectivity index (χ3v) is 4.92. The summed E-state index contributed by atoms with van der Waals surface area (Å²) in [6, 6.07) is -0.526. The first-order valence-electron chi connectivity index (χ1n) is 6.63. The largest absolute Gasteiger partial charge is 0.344 e. The van der Waals surface area contributed by atoms with E-state index in [0.717, 1.165) is 25.7 Å². The predicted molar refractivity (Wildman–Crippen MR) is 63.3 cm³/mol. The van der Waals surface area contributed by atoms with Gasteiger partial charge in [-0.1, -0.05) is 13.3 Å². The van der Waals surface area contributed by atoms with Gasteiger partial charge in [-0.15, -0.1) is 0 Å². The van der Waals surface area contributed by atoms with Crippen molar-refractivity contribution in [2.24, 2.45) is 10.8 Å². The highest BCUT2D eigenvalue weighted by atomic mass is 16.2. The van der Waals surface area contributed by atoms with Gasteiger partial charge in [-0.3, -0.25) is 19.7 Å². The summed E-state index contributed by atoms with van der Waals surface area (Å²) in [6.45, 7) is 2.17. The third kappa shape index (κ3) is 1.49. The zero-order chi connectivity index (χ0) is 13.0. The molecular formula is C13H18N2O3. The number of nitrogens with one attached hydrogen (secondary N) is 2. The number of rotatable bonds is 3. The fraction of sp³-hybridized carbons (Fsp3) is 0.769. The topological polar surface area (TPSA) is 75.3 Å². The Bertz CT molecular complexity index is 424. The van der Waals surface area contributed by atoms with Gasteiger partial charge in [0.05, 0.1) is 5.41 Å². The first kappa shape index (κ1) is 11.7. The van der Waals surface area contributed by atoms with E-state index >= 15 is 0 Å². The Labute approximate surface area is 106 Å². The molecule has 3 aliphatic carbocycles. The maximum atomic E-state index is 12.2. The smallest absolute Gasteiger partial charge is 0.249 e. The third-order valence-electron chi connectivity index (χ3n) is 4.92. The van der Waals surface area contributed by atoms with Gasteiger partial charge in [-0.05, 0) is 31.1 Å². The lowest BCUT2D eigenvalue weighted by Gasteiger charge is -2.69. The fourth-order valence-corrected chi connectivity index (χ4v) is 3.76. The van der Waals surface area contributed by atoms with Gasteiger partial charge >= 0.3 is 0 Å². The molecule has 4 rings (SSSR count). The van der Waals surface area contributed by atoms with Crippen LogP contribution < -0.4 is 10.6 Å². The Kier molecular flexibility index (Phi) is 2.31. The Morgan fingerprint density at radius 3 is 2.61 bits per heavy atom. The van der Waals surface area contributed by atoms with E-state index in [2.05, 4.69) is 17.6 Å². The van der Waals surface area contributed by atoms with Crippen LogP contribution in [-0.2, 0) is 14.4 Å². The summed E-state index contributed by atoms with van der Waals surface area (Å²) in [5.74, 6) is -0.607. The fourth-order valence-electron chi connectivity index (χ4n) is 3.76. The summed E-state index contributed by atoms with van der Waals surface area (Å²) < 4.78 is 0. The predicted octanol–water partition coefficient (Wildman–Crippen LogP) is 0.488. The number of hydrogen-bond donors (Lipinski definition) is 2. The summed E-state index contributed by atoms with van der Waals surface area (Å²) in [4.78, 5) is 34.7. The second-order valence-corrected chi connectivity index (χ2v) is 6.14. The van der Waals surface area contributed by atoms with Crippen molar-refractivity contribution in [3.63, 3.8) is 0 Å². The van der Waals surface area contributed by atoms with E-state index in [-0.39, 0.29) is 23.1 Å². The monoisotopic (exact) mass is 250 g/mol. The molecule has 0 spiro atoms. The van der Waals surface area contributed by atoms with Crippen LogP contribution in [0.1, 0.15) is 45.4 Å². The summed E-state index contributed by atoms with van der Waals surface area (Å²) in [7, 11) is 0. The minimum Gasteiger partial charge on any atom is -0.344 e. The number of carbonyl (C=O) groups excluding carboxylic acids is 3. The van der Waals surface area contributed by atoms with Gasteiger partial charge < -0.3 is 5.32 Å². The average Bonchev–Trinajstić information content (AvgIpc) is 2.19. The number of amides is 3. The molecule has 1 aliphatic heterocycles. The van der Waals surface area contributed by atoms with Gasteiger partial charge in [0.25, 0.3) is 0 Å². The van der Waals surface area contributed by atoms with E-state index in [0.29, 0.717) is 18.3 Å². The van der Waals surface area contributed by atoms with Crippen LogP contribution in [0.2, 0.25) is 0 Å². The molecule has 0 aromatic heterocycles. The Hall–Kier alpha value is -1.39. The van der Waals surface area contributed by atoms with Crippen molar-refractivity contribution < 1.29 is 14.4 Å². The lowest BCUT2D eigenvalue weighted by Crippen LogP contribution is -2.69. The molecule has 2 bridgehead atoms. The number of carbonyl (C=O) groups is 3. The molecule has 1 saturated heterocycles. The first-order chi connectivity index (χ1) is 8.49. The first-order valence-corrected chi connectivity index (χ1v) is 6.63. The lowest BCUT2D eigenvalue weighted by molar-refractivity contribution is -0.209.